The molecule has 0 amide bonds. The van der Waals surface area contributed by atoms with Crippen LogP contribution in [0.4, 0.5) is 17.6 Å². The van der Waals surface area contributed by atoms with Crippen molar-refractivity contribution in [2.75, 3.05) is 0 Å². The van der Waals surface area contributed by atoms with Crippen LogP contribution in [0.1, 0.15) is 11.1 Å². The molecule has 0 bridgehead atoms. The average Bonchev–Trinajstić information content (AvgIpc) is 2.41. The molecule has 0 fully saturated rings. The molecule has 0 unspecified atom stereocenters. The molecule has 0 atom stereocenters. The summed E-state index contributed by atoms with van der Waals surface area (Å²) in [4.78, 5) is 0. The van der Waals surface area contributed by atoms with Crippen LogP contribution in [-0.2, 0) is 12.1 Å². The first kappa shape index (κ1) is 15.9. The lowest BCUT2D eigenvalue weighted by Gasteiger charge is -2.15. The van der Waals surface area contributed by atoms with Gasteiger partial charge in [0.25, 0.3) is 0 Å². The SMILES string of the molecule is Fc1ccc(Oc2ccc(CCl)cc2C(F)(F)F)c(Cl)c1. The smallest absolute Gasteiger partial charge is 0.419 e. The molecule has 0 aliphatic carbocycles. The molecule has 1 nitrogen and oxygen atoms in total. The van der Waals surface area contributed by atoms with Crippen molar-refractivity contribution in [3.05, 3.63) is 58.4 Å². The lowest BCUT2D eigenvalue weighted by Crippen LogP contribution is -2.08. The molecule has 2 rings (SSSR count). The minimum atomic E-state index is -4.61. The van der Waals surface area contributed by atoms with Crippen molar-refractivity contribution in [2.24, 2.45) is 0 Å². The first-order chi connectivity index (χ1) is 9.81. The molecule has 0 aliphatic heterocycles. The zero-order valence-electron chi connectivity index (χ0n) is 10.3. The highest BCUT2D eigenvalue weighted by Crippen LogP contribution is 2.40. The molecule has 7 heteroatoms. The third-order valence-corrected chi connectivity index (χ3v) is 3.22. The van der Waals surface area contributed by atoms with E-state index in [9.17, 15) is 17.6 Å². The van der Waals surface area contributed by atoms with Gasteiger partial charge in [0.1, 0.15) is 17.3 Å². The highest BCUT2D eigenvalue weighted by Gasteiger charge is 2.35. The molecule has 0 aliphatic rings. The van der Waals surface area contributed by atoms with Crippen LogP contribution in [0.15, 0.2) is 36.4 Å². The number of rotatable bonds is 3. The summed E-state index contributed by atoms with van der Waals surface area (Å²) in [6, 6.07) is 6.63. The third-order valence-electron chi connectivity index (χ3n) is 2.62. The second-order valence-electron chi connectivity index (χ2n) is 4.14. The van der Waals surface area contributed by atoms with Crippen LogP contribution in [0.2, 0.25) is 5.02 Å². The van der Waals surface area contributed by atoms with Gasteiger partial charge in [-0.15, -0.1) is 11.6 Å². The van der Waals surface area contributed by atoms with Crippen molar-refractivity contribution in [1.29, 1.82) is 0 Å². The normalized spacial score (nSPS) is 11.5. The molecule has 0 radical (unpaired) electrons. The van der Waals surface area contributed by atoms with Crippen LogP contribution in [0.5, 0.6) is 11.5 Å². The predicted octanol–water partition coefficient (Wildman–Crippen LogP) is 6.03. The standard InChI is InChI=1S/C14H8Cl2F4O/c15-7-8-1-3-12(10(5-8)14(18,19)20)21-13-4-2-9(17)6-11(13)16/h1-6H,7H2. The second kappa shape index (κ2) is 6.12. The minimum Gasteiger partial charge on any atom is -0.455 e. The number of halogens is 6. The molecule has 0 saturated carbocycles. The molecule has 0 saturated heterocycles. The van der Waals surface area contributed by atoms with Crippen molar-refractivity contribution in [3.63, 3.8) is 0 Å². The summed E-state index contributed by atoms with van der Waals surface area (Å²) < 4.78 is 57.1. The molecular weight excluding hydrogens is 331 g/mol. The Balaban J connectivity index is 2.44. The van der Waals surface area contributed by atoms with Gasteiger partial charge >= 0.3 is 6.18 Å². The minimum absolute atomic E-state index is 0.0549. The van der Waals surface area contributed by atoms with Crippen LogP contribution in [0.3, 0.4) is 0 Å². The largest absolute Gasteiger partial charge is 0.455 e. The molecule has 0 N–H and O–H groups in total. The van der Waals surface area contributed by atoms with E-state index in [1.165, 1.54) is 6.07 Å². The fourth-order valence-corrected chi connectivity index (χ4v) is 2.02. The molecule has 2 aromatic rings. The van der Waals surface area contributed by atoms with Gasteiger partial charge < -0.3 is 4.74 Å². The van der Waals surface area contributed by atoms with Gasteiger partial charge in [-0.1, -0.05) is 17.7 Å². The van der Waals surface area contributed by atoms with Gasteiger partial charge in [0.15, 0.2) is 0 Å². The second-order valence-corrected chi connectivity index (χ2v) is 4.81. The Morgan fingerprint density at radius 3 is 2.24 bits per heavy atom. The molecule has 21 heavy (non-hydrogen) atoms. The zero-order valence-corrected chi connectivity index (χ0v) is 11.9. The lowest BCUT2D eigenvalue weighted by molar-refractivity contribution is -0.138. The van der Waals surface area contributed by atoms with Gasteiger partial charge in [0, 0.05) is 5.88 Å². The number of hydrogen-bond donors (Lipinski definition) is 0. The first-order valence-corrected chi connectivity index (χ1v) is 6.61. The van der Waals surface area contributed by atoms with Crippen molar-refractivity contribution in [3.8, 4) is 11.5 Å². The maximum absolute atomic E-state index is 13.0. The summed E-state index contributed by atoms with van der Waals surface area (Å²) in [6.07, 6.45) is -4.61. The van der Waals surface area contributed by atoms with Gasteiger partial charge in [-0.05, 0) is 35.9 Å². The molecule has 112 valence electrons. The number of alkyl halides is 4. The van der Waals surface area contributed by atoms with Crippen LogP contribution in [0.25, 0.3) is 0 Å². The van der Waals surface area contributed by atoms with Gasteiger partial charge in [0.2, 0.25) is 0 Å². The Bertz CT molecular complexity index is 656. The van der Waals surface area contributed by atoms with Crippen LogP contribution in [-0.4, -0.2) is 0 Å². The average molecular weight is 339 g/mol. The van der Waals surface area contributed by atoms with E-state index in [0.717, 1.165) is 30.3 Å². The van der Waals surface area contributed by atoms with E-state index in [1.54, 1.807) is 0 Å². The van der Waals surface area contributed by atoms with Crippen molar-refractivity contribution >= 4 is 23.2 Å². The summed E-state index contributed by atoms with van der Waals surface area (Å²) in [5.74, 6) is -1.16. The van der Waals surface area contributed by atoms with Crippen molar-refractivity contribution in [2.45, 2.75) is 12.1 Å². The summed E-state index contributed by atoms with van der Waals surface area (Å²) in [5, 5.41) is -0.121. The Hall–Kier alpha value is -1.46. The summed E-state index contributed by atoms with van der Waals surface area (Å²) >= 11 is 11.3. The summed E-state index contributed by atoms with van der Waals surface area (Å²) in [5.41, 5.74) is -0.664. The maximum Gasteiger partial charge on any atom is 0.419 e. The van der Waals surface area contributed by atoms with Gasteiger partial charge in [-0.2, -0.15) is 13.2 Å². The zero-order chi connectivity index (χ0) is 15.6. The first-order valence-electron chi connectivity index (χ1n) is 5.70. The van der Waals surface area contributed by atoms with Gasteiger partial charge in [0.05, 0.1) is 10.6 Å². The predicted molar refractivity (Wildman–Crippen MR) is 72.5 cm³/mol. The Labute approximate surface area is 128 Å². The van der Waals surface area contributed by atoms with E-state index in [0.29, 0.717) is 5.56 Å². The molecule has 0 heterocycles. The fraction of sp³-hybridized carbons (Fsp3) is 0.143. The van der Waals surface area contributed by atoms with E-state index >= 15 is 0 Å². The summed E-state index contributed by atoms with van der Waals surface area (Å²) in [6.45, 7) is 0. The quantitative estimate of drug-likeness (QED) is 0.490. The molecule has 0 aromatic heterocycles. The van der Waals surface area contributed by atoms with Gasteiger partial charge in [-0.25, -0.2) is 4.39 Å². The van der Waals surface area contributed by atoms with Gasteiger partial charge in [-0.3, -0.25) is 0 Å². The van der Waals surface area contributed by atoms with Crippen molar-refractivity contribution in [1.82, 2.24) is 0 Å². The molecule has 0 spiro atoms. The van der Waals surface area contributed by atoms with Crippen LogP contribution >= 0.6 is 23.2 Å². The molecule has 2 aromatic carbocycles. The summed E-state index contributed by atoms with van der Waals surface area (Å²) in [7, 11) is 0. The molecular formula is C14H8Cl2F4O. The third kappa shape index (κ3) is 3.80. The lowest BCUT2D eigenvalue weighted by atomic mass is 10.1. The Kier molecular flexibility index (Phi) is 4.64. The van der Waals surface area contributed by atoms with E-state index < -0.39 is 23.3 Å². The number of ether oxygens (including phenoxy) is 1. The Morgan fingerprint density at radius 1 is 1.00 bits per heavy atom. The van der Waals surface area contributed by atoms with Crippen LogP contribution in [0, 0.1) is 5.82 Å². The van der Waals surface area contributed by atoms with Crippen molar-refractivity contribution < 1.29 is 22.3 Å². The Morgan fingerprint density at radius 2 is 1.67 bits per heavy atom. The van der Waals surface area contributed by atoms with E-state index in [1.807, 2.05) is 0 Å². The highest BCUT2D eigenvalue weighted by molar-refractivity contribution is 6.32. The van der Waals surface area contributed by atoms with E-state index in [-0.39, 0.29) is 16.7 Å². The highest BCUT2D eigenvalue weighted by atomic mass is 35.5. The van der Waals surface area contributed by atoms with Crippen LogP contribution < -0.4 is 4.74 Å². The fourth-order valence-electron chi connectivity index (χ4n) is 1.65. The monoisotopic (exact) mass is 338 g/mol. The van der Waals surface area contributed by atoms with E-state index in [2.05, 4.69) is 0 Å². The topological polar surface area (TPSA) is 9.23 Å². The maximum atomic E-state index is 13.0. The number of hydrogen-bond acceptors (Lipinski definition) is 1. The van der Waals surface area contributed by atoms with E-state index in [4.69, 9.17) is 27.9 Å². The number of benzene rings is 2.